The lowest BCUT2D eigenvalue weighted by atomic mass is 9.82. The van der Waals surface area contributed by atoms with E-state index in [2.05, 4.69) is 19.1 Å². The standard InChI is InChI=1S/C25H27NO2S/c1-2-3-17-23-25(21-14-8-5-9-15-21)22-16-10-11-18-24(22)29(27,28)26(23)19-20-12-6-4-7-13-20/h4-16,18,23,25H,2-3,17,19H2,1H3/t23-,25+/m0/s1. The van der Waals surface area contributed by atoms with E-state index in [0.29, 0.717) is 11.4 Å². The molecule has 0 spiro atoms. The molecule has 1 heterocycles. The minimum atomic E-state index is -3.57. The summed E-state index contributed by atoms with van der Waals surface area (Å²) in [4.78, 5) is 0.442. The highest BCUT2D eigenvalue weighted by Crippen LogP contribution is 2.44. The molecule has 0 N–H and O–H groups in total. The number of fused-ring (bicyclic) bond motifs is 1. The summed E-state index contributed by atoms with van der Waals surface area (Å²) in [6.07, 6.45) is 2.88. The third kappa shape index (κ3) is 3.87. The summed E-state index contributed by atoms with van der Waals surface area (Å²) in [5, 5.41) is 0. The zero-order valence-electron chi connectivity index (χ0n) is 16.7. The second-order valence-electron chi connectivity index (χ2n) is 7.67. The topological polar surface area (TPSA) is 37.4 Å². The lowest BCUT2D eigenvalue weighted by Crippen LogP contribution is -2.47. The highest BCUT2D eigenvalue weighted by molar-refractivity contribution is 7.89. The van der Waals surface area contributed by atoms with Gasteiger partial charge in [0, 0.05) is 18.5 Å². The fourth-order valence-corrected chi connectivity index (χ4v) is 6.30. The first-order chi connectivity index (χ1) is 14.1. The Hall–Kier alpha value is -2.43. The quantitative estimate of drug-likeness (QED) is 0.537. The highest BCUT2D eigenvalue weighted by Gasteiger charge is 2.44. The molecule has 2 atom stereocenters. The zero-order valence-corrected chi connectivity index (χ0v) is 17.6. The van der Waals surface area contributed by atoms with Gasteiger partial charge in [-0.25, -0.2) is 8.42 Å². The van der Waals surface area contributed by atoms with Gasteiger partial charge in [0.1, 0.15) is 0 Å². The van der Waals surface area contributed by atoms with Crippen molar-refractivity contribution < 1.29 is 8.42 Å². The second-order valence-corrected chi connectivity index (χ2v) is 9.53. The van der Waals surface area contributed by atoms with Gasteiger partial charge in [0.25, 0.3) is 0 Å². The Labute approximate surface area is 174 Å². The van der Waals surface area contributed by atoms with Crippen LogP contribution in [0.15, 0.2) is 89.8 Å². The lowest BCUT2D eigenvalue weighted by Gasteiger charge is -2.42. The largest absolute Gasteiger partial charge is 0.243 e. The van der Waals surface area contributed by atoms with E-state index in [9.17, 15) is 8.42 Å². The molecule has 0 saturated heterocycles. The van der Waals surface area contributed by atoms with Crippen LogP contribution in [0.4, 0.5) is 0 Å². The third-order valence-electron chi connectivity index (χ3n) is 5.79. The molecule has 0 radical (unpaired) electrons. The minimum absolute atomic E-state index is 0.0335. The van der Waals surface area contributed by atoms with Crippen LogP contribution < -0.4 is 0 Å². The molecule has 0 aliphatic carbocycles. The number of hydrogen-bond donors (Lipinski definition) is 0. The fourth-order valence-electron chi connectivity index (χ4n) is 4.40. The van der Waals surface area contributed by atoms with Gasteiger partial charge in [0.15, 0.2) is 0 Å². The first kappa shape index (κ1) is 19.9. The normalized spacial score (nSPS) is 20.9. The lowest BCUT2D eigenvalue weighted by molar-refractivity contribution is 0.258. The molecule has 150 valence electrons. The van der Waals surface area contributed by atoms with Gasteiger partial charge in [-0.15, -0.1) is 0 Å². The van der Waals surface area contributed by atoms with Crippen molar-refractivity contribution in [2.75, 3.05) is 0 Å². The average molecular weight is 406 g/mol. The molecule has 0 fully saturated rings. The maximum absolute atomic E-state index is 13.7. The van der Waals surface area contributed by atoms with Crippen molar-refractivity contribution in [1.82, 2.24) is 4.31 Å². The molecular formula is C25H27NO2S. The summed E-state index contributed by atoms with van der Waals surface area (Å²) < 4.78 is 29.1. The first-order valence-corrected chi connectivity index (χ1v) is 11.8. The van der Waals surface area contributed by atoms with E-state index in [-0.39, 0.29) is 12.0 Å². The molecule has 4 rings (SSSR count). The van der Waals surface area contributed by atoms with E-state index in [4.69, 9.17) is 0 Å². The molecular weight excluding hydrogens is 378 g/mol. The van der Waals surface area contributed by atoms with Crippen molar-refractivity contribution in [3.05, 3.63) is 102 Å². The van der Waals surface area contributed by atoms with E-state index in [0.717, 1.165) is 30.4 Å². The predicted molar refractivity (Wildman–Crippen MR) is 117 cm³/mol. The summed E-state index contributed by atoms with van der Waals surface area (Å²) in [5.41, 5.74) is 3.11. The van der Waals surface area contributed by atoms with Crippen LogP contribution in [0.1, 0.15) is 48.8 Å². The molecule has 0 amide bonds. The van der Waals surface area contributed by atoms with Crippen LogP contribution in [-0.2, 0) is 16.6 Å². The average Bonchev–Trinajstić information content (AvgIpc) is 2.76. The number of sulfonamides is 1. The summed E-state index contributed by atoms with van der Waals surface area (Å²) in [6, 6.07) is 27.7. The van der Waals surface area contributed by atoms with Crippen LogP contribution in [0.5, 0.6) is 0 Å². The monoisotopic (exact) mass is 405 g/mol. The first-order valence-electron chi connectivity index (χ1n) is 10.3. The molecule has 0 bridgehead atoms. The van der Waals surface area contributed by atoms with Crippen LogP contribution in [0.2, 0.25) is 0 Å². The van der Waals surface area contributed by atoms with Crippen LogP contribution in [0.3, 0.4) is 0 Å². The van der Waals surface area contributed by atoms with Gasteiger partial charge >= 0.3 is 0 Å². The molecule has 29 heavy (non-hydrogen) atoms. The van der Waals surface area contributed by atoms with Crippen molar-refractivity contribution in [1.29, 1.82) is 0 Å². The smallest absolute Gasteiger partial charge is 0.207 e. The van der Waals surface area contributed by atoms with E-state index in [1.807, 2.05) is 66.7 Å². The Morgan fingerprint density at radius 1 is 0.828 bits per heavy atom. The van der Waals surface area contributed by atoms with Crippen LogP contribution in [0, 0.1) is 0 Å². The molecule has 3 aromatic rings. The number of unbranched alkanes of at least 4 members (excludes halogenated alkanes) is 1. The van der Waals surface area contributed by atoms with Gasteiger partial charge in [-0.1, -0.05) is 98.6 Å². The fraction of sp³-hybridized carbons (Fsp3) is 0.280. The van der Waals surface area contributed by atoms with Crippen LogP contribution in [0.25, 0.3) is 0 Å². The zero-order chi connectivity index (χ0) is 20.3. The van der Waals surface area contributed by atoms with E-state index in [1.165, 1.54) is 5.56 Å². The van der Waals surface area contributed by atoms with E-state index >= 15 is 0 Å². The predicted octanol–water partition coefficient (Wildman–Crippen LogP) is 5.58. The van der Waals surface area contributed by atoms with Gasteiger partial charge in [0.2, 0.25) is 10.0 Å². The summed E-state index contributed by atoms with van der Waals surface area (Å²) in [7, 11) is -3.57. The van der Waals surface area contributed by atoms with Gasteiger partial charge in [-0.05, 0) is 29.2 Å². The second kappa shape index (κ2) is 8.52. The molecule has 4 heteroatoms. The van der Waals surface area contributed by atoms with Crippen molar-refractivity contribution in [2.24, 2.45) is 0 Å². The van der Waals surface area contributed by atoms with Gasteiger partial charge in [-0.3, -0.25) is 0 Å². The summed E-state index contributed by atoms with van der Waals surface area (Å²) in [6.45, 7) is 2.56. The highest BCUT2D eigenvalue weighted by atomic mass is 32.2. The third-order valence-corrected chi connectivity index (χ3v) is 7.73. The van der Waals surface area contributed by atoms with Gasteiger partial charge < -0.3 is 0 Å². The Kier molecular flexibility index (Phi) is 5.84. The molecule has 0 saturated carbocycles. The number of rotatable bonds is 6. The number of benzene rings is 3. The van der Waals surface area contributed by atoms with Crippen molar-refractivity contribution in [3.8, 4) is 0 Å². The van der Waals surface area contributed by atoms with Crippen LogP contribution >= 0.6 is 0 Å². The number of hydrogen-bond acceptors (Lipinski definition) is 2. The Morgan fingerprint density at radius 3 is 2.14 bits per heavy atom. The molecule has 3 aromatic carbocycles. The van der Waals surface area contributed by atoms with Crippen molar-refractivity contribution >= 4 is 10.0 Å². The Bertz CT molecular complexity index is 1050. The van der Waals surface area contributed by atoms with E-state index in [1.54, 1.807) is 10.4 Å². The number of nitrogens with zero attached hydrogens (tertiary/aromatic N) is 1. The Morgan fingerprint density at radius 2 is 1.45 bits per heavy atom. The van der Waals surface area contributed by atoms with Crippen molar-refractivity contribution in [3.63, 3.8) is 0 Å². The molecule has 0 aromatic heterocycles. The minimum Gasteiger partial charge on any atom is -0.207 e. The molecule has 3 nitrogen and oxygen atoms in total. The maximum Gasteiger partial charge on any atom is 0.243 e. The van der Waals surface area contributed by atoms with Gasteiger partial charge in [-0.2, -0.15) is 4.31 Å². The van der Waals surface area contributed by atoms with Crippen molar-refractivity contribution in [2.45, 2.75) is 49.6 Å². The molecule has 1 aliphatic heterocycles. The summed E-state index contributed by atoms with van der Waals surface area (Å²) >= 11 is 0. The van der Waals surface area contributed by atoms with E-state index < -0.39 is 10.0 Å². The maximum atomic E-state index is 13.7. The van der Waals surface area contributed by atoms with Crippen LogP contribution in [-0.4, -0.2) is 18.8 Å². The van der Waals surface area contributed by atoms with Gasteiger partial charge in [0.05, 0.1) is 4.90 Å². The SMILES string of the molecule is CCCC[C@H]1[C@H](c2ccccc2)c2ccccc2S(=O)(=O)N1Cc1ccccc1. The summed E-state index contributed by atoms with van der Waals surface area (Å²) in [5.74, 6) is 0.0335. The molecule has 0 unspecified atom stereocenters. The molecule has 1 aliphatic rings. The Balaban J connectivity index is 1.88.